The van der Waals surface area contributed by atoms with Crippen LogP contribution in [0.5, 0.6) is 0 Å². The van der Waals surface area contributed by atoms with Crippen LogP contribution in [0.2, 0.25) is 0 Å². The fraction of sp³-hybridized carbons (Fsp3) is 0.610. The molecule has 2 aromatic carbocycles. The molecule has 2 aromatic rings. The van der Waals surface area contributed by atoms with Gasteiger partial charge in [-0.3, -0.25) is 0 Å². The Hall–Kier alpha value is -2.23. The first kappa shape index (κ1) is 36.2. The molecule has 0 aliphatic heterocycles. The Labute approximate surface area is 268 Å². The Bertz CT molecular complexity index is 1160. The quantitative estimate of drug-likeness (QED) is 0.124. The van der Waals surface area contributed by atoms with Crippen molar-refractivity contribution < 1.29 is 14.6 Å². The van der Waals surface area contributed by atoms with E-state index in [1.165, 1.54) is 62.5 Å². The van der Waals surface area contributed by atoms with Crippen LogP contribution in [0.4, 0.5) is 4.39 Å². The van der Waals surface area contributed by atoms with E-state index in [1.807, 2.05) is 6.07 Å². The fourth-order valence-electron chi connectivity index (χ4n) is 7.72. The maximum absolute atomic E-state index is 14.9. The molecule has 44 heavy (non-hydrogen) atoms. The molecule has 1 saturated carbocycles. The van der Waals surface area contributed by atoms with Gasteiger partial charge in [0.25, 0.3) is 0 Å². The van der Waals surface area contributed by atoms with Gasteiger partial charge in [0.05, 0.1) is 13.2 Å². The summed E-state index contributed by atoms with van der Waals surface area (Å²) in [5.41, 5.74) is 7.39. The lowest BCUT2D eigenvalue weighted by atomic mass is 9.70. The number of halogens is 1. The van der Waals surface area contributed by atoms with Gasteiger partial charge in [0, 0.05) is 0 Å². The van der Waals surface area contributed by atoms with Crippen molar-refractivity contribution in [2.45, 2.75) is 124 Å². The van der Waals surface area contributed by atoms with E-state index in [-0.39, 0.29) is 19.0 Å². The molecule has 0 heterocycles. The van der Waals surface area contributed by atoms with Crippen molar-refractivity contribution in [3.8, 4) is 11.1 Å². The molecular formula is C41H61FO2. The second-order valence-electron chi connectivity index (χ2n) is 14.0. The van der Waals surface area contributed by atoms with Crippen molar-refractivity contribution in [3.63, 3.8) is 0 Å². The Morgan fingerprint density at radius 2 is 1.55 bits per heavy atom. The number of benzene rings is 2. The van der Waals surface area contributed by atoms with Crippen molar-refractivity contribution in [1.82, 2.24) is 0 Å². The van der Waals surface area contributed by atoms with Crippen molar-refractivity contribution in [2.24, 2.45) is 23.7 Å². The van der Waals surface area contributed by atoms with E-state index >= 15 is 0 Å². The van der Waals surface area contributed by atoms with Crippen molar-refractivity contribution in [3.05, 3.63) is 83.2 Å². The van der Waals surface area contributed by atoms with E-state index < -0.39 is 0 Å². The fourth-order valence-corrected chi connectivity index (χ4v) is 7.72. The van der Waals surface area contributed by atoms with Gasteiger partial charge in [-0.05, 0) is 128 Å². The summed E-state index contributed by atoms with van der Waals surface area (Å²) in [5.74, 6) is 2.96. The predicted octanol–water partition coefficient (Wildman–Crippen LogP) is 11.1. The molecule has 244 valence electrons. The molecule has 3 heteroatoms. The van der Waals surface area contributed by atoms with Crippen LogP contribution in [0.1, 0.15) is 127 Å². The van der Waals surface area contributed by atoms with E-state index in [9.17, 15) is 14.6 Å². The van der Waals surface area contributed by atoms with Crippen LogP contribution in [0.15, 0.2) is 60.7 Å². The number of unbranched alkanes of at least 4 members (excludes halogenated alkanes) is 2. The molecule has 0 amide bonds. The zero-order valence-corrected chi connectivity index (χ0v) is 28.4. The lowest BCUT2D eigenvalue weighted by molar-refractivity contribution is 0.189. The monoisotopic (exact) mass is 604 g/mol. The second kappa shape index (κ2) is 18.7. The smallest absolute Gasteiger partial charge is 0.127 e. The molecule has 0 saturated heterocycles. The van der Waals surface area contributed by atoms with Crippen LogP contribution < -0.4 is 0 Å². The molecule has 1 fully saturated rings. The first-order valence-corrected chi connectivity index (χ1v) is 17.6. The number of aliphatic hydroxyl groups is 2. The summed E-state index contributed by atoms with van der Waals surface area (Å²) in [6.45, 7) is 17.2. The van der Waals surface area contributed by atoms with Gasteiger partial charge < -0.3 is 10.2 Å². The molecule has 2 atom stereocenters. The molecule has 2 nitrogen and oxygen atoms in total. The topological polar surface area (TPSA) is 40.5 Å². The summed E-state index contributed by atoms with van der Waals surface area (Å²) in [4.78, 5) is 0. The molecule has 0 aromatic heterocycles. The largest absolute Gasteiger partial charge is 0.392 e. The zero-order valence-electron chi connectivity index (χ0n) is 28.4. The van der Waals surface area contributed by atoms with Crippen LogP contribution in [-0.4, -0.2) is 23.4 Å². The third-order valence-electron chi connectivity index (χ3n) is 10.6. The summed E-state index contributed by atoms with van der Waals surface area (Å²) in [5, 5.41) is 19.1. The summed E-state index contributed by atoms with van der Waals surface area (Å²) in [7, 11) is 0. The van der Waals surface area contributed by atoms with Crippen molar-refractivity contribution in [1.29, 1.82) is 0 Å². The van der Waals surface area contributed by atoms with E-state index in [1.54, 1.807) is 6.07 Å². The zero-order chi connectivity index (χ0) is 32.1. The number of hydrogen-bond donors (Lipinski definition) is 2. The first-order chi connectivity index (χ1) is 21.2. The maximum Gasteiger partial charge on any atom is 0.127 e. The summed E-state index contributed by atoms with van der Waals surface area (Å²) < 4.78 is 14.9. The summed E-state index contributed by atoms with van der Waals surface area (Å²) >= 11 is 0. The van der Waals surface area contributed by atoms with Crippen LogP contribution >= 0.6 is 0 Å². The van der Waals surface area contributed by atoms with E-state index in [4.69, 9.17) is 0 Å². The van der Waals surface area contributed by atoms with E-state index in [2.05, 4.69) is 65.1 Å². The van der Waals surface area contributed by atoms with Crippen LogP contribution in [0, 0.1) is 36.4 Å². The highest BCUT2D eigenvalue weighted by atomic mass is 19.1. The molecule has 0 spiro atoms. The van der Waals surface area contributed by atoms with Gasteiger partial charge in [-0.2, -0.15) is 0 Å². The lowest BCUT2D eigenvalue weighted by Crippen LogP contribution is -2.23. The Morgan fingerprint density at radius 3 is 2.11 bits per heavy atom. The maximum atomic E-state index is 14.9. The molecule has 0 bridgehead atoms. The number of rotatable bonds is 19. The standard InChI is InChI=1S/C41H61FO2/c1-7-9-10-12-36-19-20-38(26-41(36)42)40-22-21-37(25-32(40)6)35-17-15-34(16-18-35)33(11-8-2)14-13-31(5)39(23-29(3)27-43)24-30(4)28-44/h19-22,25-26,31,33-35,39,43-44H,3-4,7-18,23-24,27-28H2,1-2,5-6H3. The van der Waals surface area contributed by atoms with Gasteiger partial charge in [0.2, 0.25) is 0 Å². The molecular weight excluding hydrogens is 543 g/mol. The molecule has 2 unspecified atom stereocenters. The average molecular weight is 605 g/mol. The Morgan fingerprint density at radius 1 is 0.864 bits per heavy atom. The summed E-state index contributed by atoms with van der Waals surface area (Å²) in [6, 6.07) is 12.7. The van der Waals surface area contributed by atoms with Crippen LogP contribution in [0.3, 0.4) is 0 Å². The average Bonchev–Trinajstić information content (AvgIpc) is 3.03. The van der Waals surface area contributed by atoms with Crippen molar-refractivity contribution in [2.75, 3.05) is 13.2 Å². The van der Waals surface area contributed by atoms with Crippen LogP contribution in [0.25, 0.3) is 11.1 Å². The third kappa shape index (κ3) is 10.7. The molecule has 1 aliphatic carbocycles. The number of aliphatic hydroxyl groups excluding tert-OH is 2. The minimum absolute atomic E-state index is 0.0314. The molecule has 3 rings (SSSR count). The lowest BCUT2D eigenvalue weighted by Gasteiger charge is -2.35. The summed E-state index contributed by atoms with van der Waals surface area (Å²) in [6.07, 6.45) is 15.8. The highest BCUT2D eigenvalue weighted by Crippen LogP contribution is 2.43. The minimum atomic E-state index is -0.0711. The predicted molar refractivity (Wildman–Crippen MR) is 186 cm³/mol. The Kier molecular flexibility index (Phi) is 15.4. The van der Waals surface area contributed by atoms with Gasteiger partial charge in [-0.25, -0.2) is 4.39 Å². The second-order valence-corrected chi connectivity index (χ2v) is 14.0. The third-order valence-corrected chi connectivity index (χ3v) is 10.6. The van der Waals surface area contributed by atoms with E-state index in [0.717, 1.165) is 78.2 Å². The SMILES string of the molecule is C=C(CO)CC(CC(=C)CO)C(C)CCC(CCC)C1CCC(c2ccc(-c3ccc(CCCCC)c(F)c3)c(C)c2)CC1. The highest BCUT2D eigenvalue weighted by Gasteiger charge is 2.29. The Balaban J connectivity index is 1.59. The molecule has 0 radical (unpaired) electrons. The van der Waals surface area contributed by atoms with Gasteiger partial charge in [-0.15, -0.1) is 0 Å². The van der Waals surface area contributed by atoms with Crippen LogP contribution in [-0.2, 0) is 6.42 Å². The highest BCUT2D eigenvalue weighted by molar-refractivity contribution is 5.68. The van der Waals surface area contributed by atoms with Gasteiger partial charge in [0.1, 0.15) is 5.82 Å². The van der Waals surface area contributed by atoms with Gasteiger partial charge in [0.15, 0.2) is 0 Å². The number of aryl methyl sites for hydroxylation is 2. The van der Waals surface area contributed by atoms with Gasteiger partial charge >= 0.3 is 0 Å². The first-order valence-electron chi connectivity index (χ1n) is 17.6. The normalized spacial score (nSPS) is 18.4. The molecule has 2 N–H and O–H groups in total. The number of hydrogen-bond acceptors (Lipinski definition) is 2. The van der Waals surface area contributed by atoms with Crippen molar-refractivity contribution >= 4 is 0 Å². The minimum Gasteiger partial charge on any atom is -0.392 e. The van der Waals surface area contributed by atoms with E-state index in [0.29, 0.717) is 17.8 Å². The van der Waals surface area contributed by atoms with Gasteiger partial charge in [-0.1, -0.05) is 108 Å². The molecule has 1 aliphatic rings.